The number of anilines is 1. The molecule has 0 radical (unpaired) electrons. The van der Waals surface area contributed by atoms with Gasteiger partial charge in [0.1, 0.15) is 5.82 Å². The molecule has 0 aliphatic carbocycles. The minimum absolute atomic E-state index is 0.115. The minimum Gasteiger partial charge on any atom is -0.357 e. The van der Waals surface area contributed by atoms with Crippen molar-refractivity contribution in [1.82, 2.24) is 19.2 Å². The topological polar surface area (TPSA) is 61.4 Å². The van der Waals surface area contributed by atoms with Crippen molar-refractivity contribution < 1.29 is 4.79 Å². The first-order valence-corrected chi connectivity index (χ1v) is 8.53. The fraction of sp³-hybridized carbons (Fsp3) is 0.786. The van der Waals surface area contributed by atoms with Crippen molar-refractivity contribution in [3.05, 3.63) is 5.82 Å². The van der Waals surface area contributed by atoms with Crippen LogP contribution in [0.15, 0.2) is 0 Å². The van der Waals surface area contributed by atoms with Gasteiger partial charge in [-0.15, -0.1) is 0 Å². The number of nitrogens with zero attached hydrogens (tertiary/aromatic N) is 4. The highest BCUT2D eigenvalue weighted by molar-refractivity contribution is 7.09. The third kappa shape index (κ3) is 3.18. The Hall–Kier alpha value is -1.21. The number of aryl methyl sites for hydroxylation is 1. The molecule has 1 N–H and O–H groups in total. The number of rotatable bonds is 4. The molecule has 2 aliphatic rings. The fourth-order valence-electron chi connectivity index (χ4n) is 3.13. The van der Waals surface area contributed by atoms with E-state index < -0.39 is 0 Å². The standard InChI is InChI=1S/C14H23N5OS/c1-3-12-16-14(21-17-12)15-10-4-8-19(9-5-10)11-6-7-18(2)13(11)20/h10-11H,3-9H2,1-2H3,(H,15,16,17)/t11-/m1/s1. The van der Waals surface area contributed by atoms with Crippen LogP contribution in [0.3, 0.4) is 0 Å². The lowest BCUT2D eigenvalue weighted by atomic mass is 10.0. The summed E-state index contributed by atoms with van der Waals surface area (Å²) in [4.78, 5) is 20.7. The largest absolute Gasteiger partial charge is 0.357 e. The van der Waals surface area contributed by atoms with Crippen LogP contribution in [0.4, 0.5) is 5.13 Å². The summed E-state index contributed by atoms with van der Waals surface area (Å²) < 4.78 is 4.30. The highest BCUT2D eigenvalue weighted by Crippen LogP contribution is 2.23. The quantitative estimate of drug-likeness (QED) is 0.906. The number of nitrogens with one attached hydrogen (secondary N) is 1. The average Bonchev–Trinajstić information content (AvgIpc) is 3.08. The number of amides is 1. The molecule has 0 unspecified atom stereocenters. The van der Waals surface area contributed by atoms with Crippen LogP contribution < -0.4 is 5.32 Å². The highest BCUT2D eigenvalue weighted by Gasteiger charge is 2.35. The van der Waals surface area contributed by atoms with Crippen molar-refractivity contribution in [2.24, 2.45) is 0 Å². The summed E-state index contributed by atoms with van der Waals surface area (Å²) in [6, 6.07) is 0.567. The van der Waals surface area contributed by atoms with Crippen molar-refractivity contribution in [1.29, 1.82) is 0 Å². The lowest BCUT2D eigenvalue weighted by Crippen LogP contribution is -2.47. The molecule has 2 saturated heterocycles. The summed E-state index contributed by atoms with van der Waals surface area (Å²) in [5, 5.41) is 4.42. The first kappa shape index (κ1) is 14.7. The minimum atomic E-state index is 0.115. The number of likely N-dealkylation sites (tertiary alicyclic amines) is 2. The van der Waals surface area contributed by atoms with Gasteiger partial charge in [0.15, 0.2) is 0 Å². The van der Waals surface area contributed by atoms with Gasteiger partial charge in [-0.05, 0) is 19.3 Å². The van der Waals surface area contributed by atoms with Crippen LogP contribution in [0.25, 0.3) is 0 Å². The normalized spacial score (nSPS) is 24.8. The van der Waals surface area contributed by atoms with E-state index in [-0.39, 0.29) is 11.9 Å². The SMILES string of the molecule is CCc1nsc(NC2CCN([C@@H]3CCN(C)C3=O)CC2)n1. The molecule has 7 heteroatoms. The second-order valence-corrected chi connectivity index (χ2v) is 6.64. The Kier molecular flexibility index (Phi) is 4.40. The number of piperidine rings is 1. The number of aromatic nitrogens is 2. The molecule has 3 rings (SSSR count). The first-order valence-electron chi connectivity index (χ1n) is 7.75. The van der Waals surface area contributed by atoms with Gasteiger partial charge in [0.25, 0.3) is 0 Å². The molecule has 0 aromatic carbocycles. The van der Waals surface area contributed by atoms with Gasteiger partial charge in [0.05, 0.1) is 6.04 Å². The zero-order chi connectivity index (χ0) is 14.8. The Labute approximate surface area is 129 Å². The third-order valence-corrected chi connectivity index (χ3v) is 5.17. The van der Waals surface area contributed by atoms with Crippen molar-refractivity contribution in [2.45, 2.75) is 44.7 Å². The van der Waals surface area contributed by atoms with Crippen molar-refractivity contribution in [3.8, 4) is 0 Å². The number of hydrogen-bond donors (Lipinski definition) is 1. The smallest absolute Gasteiger partial charge is 0.239 e. The molecule has 0 spiro atoms. The Balaban J connectivity index is 1.50. The van der Waals surface area contributed by atoms with Gasteiger partial charge in [0, 0.05) is 50.7 Å². The predicted octanol–water partition coefficient (Wildman–Crippen LogP) is 1.21. The molecular formula is C14H23N5OS. The van der Waals surface area contributed by atoms with E-state index in [1.54, 1.807) is 0 Å². The first-order chi connectivity index (χ1) is 10.2. The lowest BCUT2D eigenvalue weighted by Gasteiger charge is -2.35. The molecular weight excluding hydrogens is 286 g/mol. The number of carbonyl (C=O) groups is 1. The molecule has 1 amide bonds. The molecule has 1 aromatic rings. The fourth-order valence-corrected chi connectivity index (χ4v) is 3.86. The zero-order valence-corrected chi connectivity index (χ0v) is 13.5. The molecule has 21 heavy (non-hydrogen) atoms. The van der Waals surface area contributed by atoms with Crippen molar-refractivity contribution >= 4 is 22.6 Å². The van der Waals surface area contributed by atoms with Crippen molar-refractivity contribution in [2.75, 3.05) is 32.0 Å². The maximum absolute atomic E-state index is 12.1. The molecule has 3 heterocycles. The Bertz CT molecular complexity index is 497. The molecule has 0 bridgehead atoms. The molecule has 2 fully saturated rings. The van der Waals surface area contributed by atoms with E-state index in [1.165, 1.54) is 11.5 Å². The number of hydrogen-bond acceptors (Lipinski definition) is 6. The van der Waals surface area contributed by atoms with Crippen LogP contribution in [0.1, 0.15) is 32.0 Å². The van der Waals surface area contributed by atoms with Gasteiger partial charge >= 0.3 is 0 Å². The van der Waals surface area contributed by atoms with Gasteiger partial charge in [-0.3, -0.25) is 9.69 Å². The molecule has 6 nitrogen and oxygen atoms in total. The summed E-state index contributed by atoms with van der Waals surface area (Å²) in [6.07, 6.45) is 3.99. The number of likely N-dealkylation sites (N-methyl/N-ethyl adjacent to an activating group) is 1. The van der Waals surface area contributed by atoms with Gasteiger partial charge in [0.2, 0.25) is 11.0 Å². The van der Waals surface area contributed by atoms with Crippen LogP contribution in [0.2, 0.25) is 0 Å². The summed E-state index contributed by atoms with van der Waals surface area (Å²) in [5.41, 5.74) is 0. The van der Waals surface area contributed by atoms with E-state index in [4.69, 9.17) is 0 Å². The summed E-state index contributed by atoms with van der Waals surface area (Å²) >= 11 is 1.45. The zero-order valence-electron chi connectivity index (χ0n) is 12.7. The van der Waals surface area contributed by atoms with Gasteiger partial charge in [-0.1, -0.05) is 6.92 Å². The lowest BCUT2D eigenvalue weighted by molar-refractivity contribution is -0.131. The van der Waals surface area contributed by atoms with E-state index in [0.717, 1.165) is 56.3 Å². The molecule has 116 valence electrons. The third-order valence-electron chi connectivity index (χ3n) is 4.48. The van der Waals surface area contributed by atoms with E-state index in [9.17, 15) is 4.79 Å². The second kappa shape index (κ2) is 6.27. The Morgan fingerprint density at radius 1 is 1.29 bits per heavy atom. The van der Waals surface area contributed by atoms with Gasteiger partial charge < -0.3 is 10.2 Å². The molecule has 2 aliphatic heterocycles. The monoisotopic (exact) mass is 309 g/mol. The average molecular weight is 309 g/mol. The van der Waals surface area contributed by atoms with Crippen LogP contribution in [0, 0.1) is 0 Å². The summed E-state index contributed by atoms with van der Waals surface area (Å²) in [7, 11) is 1.90. The van der Waals surface area contributed by atoms with Gasteiger partial charge in [-0.25, -0.2) is 4.98 Å². The van der Waals surface area contributed by atoms with Crippen LogP contribution in [-0.4, -0.2) is 63.8 Å². The maximum Gasteiger partial charge on any atom is 0.239 e. The maximum atomic E-state index is 12.1. The molecule has 1 atom stereocenters. The summed E-state index contributed by atoms with van der Waals surface area (Å²) in [6.45, 7) is 4.94. The summed E-state index contributed by atoms with van der Waals surface area (Å²) in [5.74, 6) is 1.21. The van der Waals surface area contributed by atoms with E-state index in [2.05, 4.69) is 26.5 Å². The number of carbonyl (C=O) groups excluding carboxylic acids is 1. The van der Waals surface area contributed by atoms with Crippen LogP contribution in [0.5, 0.6) is 0 Å². The second-order valence-electron chi connectivity index (χ2n) is 5.89. The Morgan fingerprint density at radius 2 is 2.05 bits per heavy atom. The van der Waals surface area contributed by atoms with Gasteiger partial charge in [-0.2, -0.15) is 4.37 Å². The predicted molar refractivity (Wildman–Crippen MR) is 83.5 cm³/mol. The van der Waals surface area contributed by atoms with Crippen molar-refractivity contribution in [3.63, 3.8) is 0 Å². The molecule has 1 aromatic heterocycles. The van der Waals surface area contributed by atoms with E-state index >= 15 is 0 Å². The van der Waals surface area contributed by atoms with E-state index in [0.29, 0.717) is 6.04 Å². The van der Waals surface area contributed by atoms with Crippen LogP contribution >= 0.6 is 11.5 Å². The molecule has 0 saturated carbocycles. The highest BCUT2D eigenvalue weighted by atomic mass is 32.1. The Morgan fingerprint density at radius 3 is 2.62 bits per heavy atom. The van der Waals surface area contributed by atoms with E-state index in [1.807, 2.05) is 11.9 Å². The van der Waals surface area contributed by atoms with Crippen LogP contribution in [-0.2, 0) is 11.2 Å².